The summed E-state index contributed by atoms with van der Waals surface area (Å²) in [5.74, 6) is 0.0963. The zero-order valence-electron chi connectivity index (χ0n) is 18.5. The van der Waals surface area contributed by atoms with Crippen LogP contribution in [0.3, 0.4) is 0 Å². The van der Waals surface area contributed by atoms with Crippen molar-refractivity contribution in [2.45, 2.75) is 50.1 Å². The molecule has 9 nitrogen and oxygen atoms in total. The lowest BCUT2D eigenvalue weighted by Crippen LogP contribution is -2.50. The van der Waals surface area contributed by atoms with E-state index < -0.39 is 16.1 Å². The number of sulfonamides is 1. The Bertz CT molecular complexity index is 1210. The molecule has 1 fully saturated rings. The van der Waals surface area contributed by atoms with E-state index in [2.05, 4.69) is 23.0 Å². The number of aromatic nitrogens is 1. The Hall–Kier alpha value is -3.16. The molecule has 2 aliphatic rings. The summed E-state index contributed by atoms with van der Waals surface area (Å²) in [6, 6.07) is 9.01. The predicted molar refractivity (Wildman–Crippen MR) is 122 cm³/mol. The molecule has 2 amide bonds. The molecule has 0 aliphatic carbocycles. The van der Waals surface area contributed by atoms with E-state index in [4.69, 9.17) is 0 Å². The minimum Gasteiger partial charge on any atom is -0.341 e. The molecule has 3 heterocycles. The predicted octanol–water partition coefficient (Wildman–Crippen LogP) is 1.85. The van der Waals surface area contributed by atoms with Crippen LogP contribution in [-0.2, 0) is 32.6 Å². The standard InChI is InChI=1S/C23H27N5O4S/c1-16-6-10-28(11-7-16)23(30)21(8-12-27-9-2-3-18(27)15-24)26-33(31,32)19-4-5-20-17(13-19)14-22(29)25-20/h2-5,9,13,16,21,26H,6-8,10-12,14H2,1H3,(H,25,29). The van der Waals surface area contributed by atoms with Crippen molar-refractivity contribution in [2.75, 3.05) is 18.4 Å². The van der Waals surface area contributed by atoms with E-state index in [1.54, 1.807) is 33.9 Å². The van der Waals surface area contributed by atoms with Crippen LogP contribution in [0.15, 0.2) is 41.4 Å². The number of anilines is 1. The second kappa shape index (κ2) is 9.37. The molecule has 1 aromatic carbocycles. The molecule has 1 atom stereocenters. The average Bonchev–Trinajstić information content (AvgIpc) is 3.40. The molecule has 33 heavy (non-hydrogen) atoms. The summed E-state index contributed by atoms with van der Waals surface area (Å²) in [5.41, 5.74) is 1.67. The maximum atomic E-state index is 13.3. The lowest BCUT2D eigenvalue weighted by atomic mass is 9.98. The van der Waals surface area contributed by atoms with Crippen LogP contribution in [0.4, 0.5) is 5.69 Å². The first kappa shape index (κ1) is 23.0. The van der Waals surface area contributed by atoms with Gasteiger partial charge in [-0.2, -0.15) is 9.98 Å². The lowest BCUT2D eigenvalue weighted by Gasteiger charge is -2.33. The van der Waals surface area contributed by atoms with E-state index in [9.17, 15) is 23.3 Å². The molecular weight excluding hydrogens is 442 g/mol. The highest BCUT2D eigenvalue weighted by Gasteiger charge is 2.31. The number of piperidine rings is 1. The third kappa shape index (κ3) is 5.10. The van der Waals surface area contributed by atoms with E-state index in [-0.39, 0.29) is 29.6 Å². The molecule has 10 heteroatoms. The Morgan fingerprint density at radius 3 is 2.79 bits per heavy atom. The molecule has 2 aromatic rings. The van der Waals surface area contributed by atoms with Gasteiger partial charge in [0.05, 0.1) is 11.3 Å². The number of amides is 2. The van der Waals surface area contributed by atoms with E-state index in [1.165, 1.54) is 12.1 Å². The Morgan fingerprint density at radius 1 is 1.30 bits per heavy atom. The van der Waals surface area contributed by atoms with Crippen molar-refractivity contribution in [3.05, 3.63) is 47.8 Å². The maximum absolute atomic E-state index is 13.3. The van der Waals surface area contributed by atoms with E-state index in [0.717, 1.165) is 12.8 Å². The topological polar surface area (TPSA) is 124 Å². The van der Waals surface area contributed by atoms with Crippen LogP contribution in [0.2, 0.25) is 0 Å². The highest BCUT2D eigenvalue weighted by atomic mass is 32.2. The van der Waals surface area contributed by atoms with Gasteiger partial charge < -0.3 is 14.8 Å². The number of nitrogens with zero attached hydrogens (tertiary/aromatic N) is 3. The molecule has 2 aliphatic heterocycles. The zero-order chi connectivity index (χ0) is 23.6. The van der Waals surface area contributed by atoms with E-state index in [0.29, 0.717) is 42.5 Å². The van der Waals surface area contributed by atoms with Gasteiger partial charge >= 0.3 is 0 Å². The average molecular weight is 470 g/mol. The van der Waals surface area contributed by atoms with Gasteiger partial charge in [0.1, 0.15) is 17.8 Å². The van der Waals surface area contributed by atoms with Crippen molar-refractivity contribution in [1.82, 2.24) is 14.2 Å². The van der Waals surface area contributed by atoms with Gasteiger partial charge in [-0.3, -0.25) is 9.59 Å². The van der Waals surface area contributed by atoms with Crippen LogP contribution in [0.1, 0.15) is 37.4 Å². The summed E-state index contributed by atoms with van der Waals surface area (Å²) < 4.78 is 30.7. The normalized spacial score (nSPS) is 17.3. The van der Waals surface area contributed by atoms with Gasteiger partial charge in [-0.25, -0.2) is 8.42 Å². The Kier molecular flexibility index (Phi) is 6.54. The maximum Gasteiger partial charge on any atom is 0.241 e. The molecule has 174 valence electrons. The fraction of sp³-hybridized carbons (Fsp3) is 0.435. The molecule has 4 rings (SSSR count). The highest BCUT2D eigenvalue weighted by Crippen LogP contribution is 2.26. The third-order valence-electron chi connectivity index (χ3n) is 6.31. The second-order valence-corrected chi connectivity index (χ2v) is 10.4. The molecule has 0 saturated carbocycles. The lowest BCUT2D eigenvalue weighted by molar-refractivity contribution is -0.134. The number of likely N-dealkylation sites (tertiary alicyclic amines) is 1. The van der Waals surface area contributed by atoms with Gasteiger partial charge in [0.15, 0.2) is 0 Å². The second-order valence-electron chi connectivity index (χ2n) is 8.71. The van der Waals surface area contributed by atoms with Crippen LogP contribution in [0.25, 0.3) is 0 Å². The van der Waals surface area contributed by atoms with Gasteiger partial charge in [0, 0.05) is 31.5 Å². The summed E-state index contributed by atoms with van der Waals surface area (Å²) in [7, 11) is -4.01. The summed E-state index contributed by atoms with van der Waals surface area (Å²) in [4.78, 5) is 26.7. The molecular formula is C23H27N5O4S. The van der Waals surface area contributed by atoms with Gasteiger partial charge in [-0.1, -0.05) is 6.92 Å². The summed E-state index contributed by atoms with van der Waals surface area (Å²) in [6.07, 6.45) is 3.83. The Labute approximate surface area is 193 Å². The number of benzene rings is 1. The molecule has 1 aromatic heterocycles. The Morgan fingerprint density at radius 2 is 2.06 bits per heavy atom. The summed E-state index contributed by atoms with van der Waals surface area (Å²) in [6.45, 7) is 3.65. The Balaban J connectivity index is 1.55. The number of carbonyl (C=O) groups excluding carboxylic acids is 2. The van der Waals surface area contributed by atoms with Crippen molar-refractivity contribution >= 4 is 27.5 Å². The monoisotopic (exact) mass is 469 g/mol. The minimum atomic E-state index is -4.01. The van der Waals surface area contributed by atoms with E-state index >= 15 is 0 Å². The van der Waals surface area contributed by atoms with E-state index in [1.807, 2.05) is 0 Å². The minimum absolute atomic E-state index is 0.0153. The first-order chi connectivity index (χ1) is 15.8. The summed E-state index contributed by atoms with van der Waals surface area (Å²) in [5, 5.41) is 11.9. The molecule has 0 radical (unpaired) electrons. The van der Waals surface area contributed by atoms with Crippen molar-refractivity contribution in [3.8, 4) is 6.07 Å². The molecule has 0 spiro atoms. The van der Waals surface area contributed by atoms with Crippen LogP contribution in [0.5, 0.6) is 0 Å². The zero-order valence-corrected chi connectivity index (χ0v) is 19.3. The number of hydrogen-bond acceptors (Lipinski definition) is 5. The largest absolute Gasteiger partial charge is 0.341 e. The molecule has 2 N–H and O–H groups in total. The van der Waals surface area contributed by atoms with Crippen molar-refractivity contribution in [2.24, 2.45) is 5.92 Å². The fourth-order valence-electron chi connectivity index (χ4n) is 4.29. The van der Waals surface area contributed by atoms with Gasteiger partial charge in [0.2, 0.25) is 21.8 Å². The number of nitriles is 1. The van der Waals surface area contributed by atoms with Crippen LogP contribution in [-0.4, -0.2) is 48.8 Å². The van der Waals surface area contributed by atoms with Crippen molar-refractivity contribution < 1.29 is 18.0 Å². The highest BCUT2D eigenvalue weighted by molar-refractivity contribution is 7.89. The number of rotatable bonds is 7. The molecule has 1 saturated heterocycles. The SMILES string of the molecule is CC1CCN(C(=O)C(CCn2cccc2C#N)NS(=O)(=O)c2ccc3c(c2)CC(=O)N3)CC1. The fourth-order valence-corrected chi connectivity index (χ4v) is 5.56. The van der Waals surface area contributed by atoms with Gasteiger partial charge in [0.25, 0.3) is 0 Å². The number of nitrogens with one attached hydrogen (secondary N) is 2. The van der Waals surface area contributed by atoms with Crippen LogP contribution < -0.4 is 10.0 Å². The van der Waals surface area contributed by atoms with Crippen molar-refractivity contribution in [3.63, 3.8) is 0 Å². The number of fused-ring (bicyclic) bond motifs is 1. The third-order valence-corrected chi connectivity index (χ3v) is 7.78. The van der Waals surface area contributed by atoms with Gasteiger partial charge in [-0.05, 0) is 61.1 Å². The molecule has 1 unspecified atom stereocenters. The smallest absolute Gasteiger partial charge is 0.241 e. The molecule has 0 bridgehead atoms. The van der Waals surface area contributed by atoms with Crippen LogP contribution >= 0.6 is 0 Å². The van der Waals surface area contributed by atoms with Gasteiger partial charge in [-0.15, -0.1) is 0 Å². The first-order valence-corrected chi connectivity index (χ1v) is 12.5. The summed E-state index contributed by atoms with van der Waals surface area (Å²) >= 11 is 0. The number of carbonyl (C=O) groups is 2. The quantitative estimate of drug-likeness (QED) is 0.640. The van der Waals surface area contributed by atoms with Crippen LogP contribution in [0, 0.1) is 17.2 Å². The first-order valence-electron chi connectivity index (χ1n) is 11.1. The number of hydrogen-bond donors (Lipinski definition) is 2. The van der Waals surface area contributed by atoms with Crippen molar-refractivity contribution in [1.29, 1.82) is 5.26 Å². The number of aryl methyl sites for hydroxylation is 1.